The highest BCUT2D eigenvalue weighted by Crippen LogP contribution is 2.42. The third-order valence-electron chi connectivity index (χ3n) is 2.31. The smallest absolute Gasteiger partial charge is 0.200 e. The maximum absolute atomic E-state index is 11.8. The van der Waals surface area contributed by atoms with Crippen LogP contribution in [0.25, 0.3) is 0 Å². The van der Waals surface area contributed by atoms with Crippen LogP contribution in [0.15, 0.2) is 28.7 Å². The second-order valence-corrected chi connectivity index (χ2v) is 7.48. The summed E-state index contributed by atoms with van der Waals surface area (Å²) in [4.78, 5) is 11.8. The Morgan fingerprint density at radius 2 is 1.94 bits per heavy atom. The number of carbonyl (C=O) groups is 1. The average molecular weight is 319 g/mol. The summed E-state index contributed by atoms with van der Waals surface area (Å²) in [5, 5.41) is 0. The zero-order valence-electron chi connectivity index (χ0n) is 9.98. The highest BCUT2D eigenvalue weighted by atomic mass is 79.9. The maximum atomic E-state index is 11.8. The Hall–Kier alpha value is -0.440. The molecule has 0 aromatic heterocycles. The topological polar surface area (TPSA) is 43.4 Å². The van der Waals surface area contributed by atoms with Crippen LogP contribution in [0.2, 0.25) is 0 Å². The average Bonchev–Trinajstić information content (AvgIpc) is 2.27. The molecule has 1 unspecified atom stereocenters. The molecule has 94 valence electrons. The SMILES string of the molecule is CCOP(C)(=O)CCC(=O)c1ccc(Br)cc1. The van der Waals surface area contributed by atoms with Gasteiger partial charge in [0.25, 0.3) is 0 Å². The largest absolute Gasteiger partial charge is 0.329 e. The Kier molecular flexibility index (Phi) is 5.57. The van der Waals surface area contributed by atoms with E-state index < -0.39 is 7.37 Å². The van der Waals surface area contributed by atoms with Crippen molar-refractivity contribution in [2.75, 3.05) is 19.4 Å². The molecule has 0 saturated carbocycles. The molecule has 1 aromatic rings. The number of hydrogen-bond acceptors (Lipinski definition) is 3. The predicted octanol–water partition coefficient (Wildman–Crippen LogP) is 3.97. The number of Topliss-reactive ketones (excluding diaryl/α,β-unsaturated/α-hetero) is 1. The molecule has 5 heteroatoms. The van der Waals surface area contributed by atoms with Gasteiger partial charge in [0.05, 0.1) is 6.61 Å². The molecule has 17 heavy (non-hydrogen) atoms. The summed E-state index contributed by atoms with van der Waals surface area (Å²) in [6, 6.07) is 7.16. The molecular weight excluding hydrogens is 303 g/mol. The van der Waals surface area contributed by atoms with E-state index >= 15 is 0 Å². The second kappa shape index (κ2) is 6.48. The lowest BCUT2D eigenvalue weighted by atomic mass is 10.1. The Morgan fingerprint density at radius 1 is 1.35 bits per heavy atom. The van der Waals surface area contributed by atoms with Crippen molar-refractivity contribution in [3.63, 3.8) is 0 Å². The van der Waals surface area contributed by atoms with Crippen LogP contribution in [-0.4, -0.2) is 25.2 Å². The number of benzene rings is 1. The van der Waals surface area contributed by atoms with Gasteiger partial charge in [-0.1, -0.05) is 28.1 Å². The van der Waals surface area contributed by atoms with Crippen LogP contribution in [-0.2, 0) is 9.09 Å². The van der Waals surface area contributed by atoms with Gasteiger partial charge in [-0.3, -0.25) is 9.36 Å². The molecule has 0 N–H and O–H groups in total. The molecule has 0 aliphatic heterocycles. The molecule has 0 heterocycles. The molecule has 0 saturated heterocycles. The Balaban J connectivity index is 2.56. The van der Waals surface area contributed by atoms with Crippen molar-refractivity contribution in [3.8, 4) is 0 Å². The van der Waals surface area contributed by atoms with Gasteiger partial charge in [0.15, 0.2) is 5.78 Å². The molecule has 0 amide bonds. The van der Waals surface area contributed by atoms with Gasteiger partial charge in [0, 0.05) is 29.3 Å². The van der Waals surface area contributed by atoms with Crippen LogP contribution in [0.1, 0.15) is 23.7 Å². The van der Waals surface area contributed by atoms with E-state index in [4.69, 9.17) is 4.52 Å². The molecule has 0 aliphatic carbocycles. The van der Waals surface area contributed by atoms with Crippen molar-refractivity contribution in [2.24, 2.45) is 0 Å². The fraction of sp³-hybridized carbons (Fsp3) is 0.417. The van der Waals surface area contributed by atoms with Gasteiger partial charge in [0.1, 0.15) is 0 Å². The van der Waals surface area contributed by atoms with Crippen LogP contribution in [0, 0.1) is 0 Å². The molecule has 1 rings (SSSR count). The number of hydrogen-bond donors (Lipinski definition) is 0. The molecule has 3 nitrogen and oxygen atoms in total. The van der Waals surface area contributed by atoms with Gasteiger partial charge in [-0.15, -0.1) is 0 Å². The van der Waals surface area contributed by atoms with Crippen LogP contribution in [0.4, 0.5) is 0 Å². The molecule has 1 aromatic carbocycles. The van der Waals surface area contributed by atoms with E-state index in [0.717, 1.165) is 4.47 Å². The fourth-order valence-electron chi connectivity index (χ4n) is 1.42. The first-order chi connectivity index (χ1) is 7.94. The number of halogens is 1. The maximum Gasteiger partial charge on any atom is 0.200 e. The summed E-state index contributed by atoms with van der Waals surface area (Å²) in [6.07, 6.45) is 0.561. The zero-order valence-corrected chi connectivity index (χ0v) is 12.5. The summed E-state index contributed by atoms with van der Waals surface area (Å²) in [5.41, 5.74) is 0.643. The Morgan fingerprint density at radius 3 is 2.47 bits per heavy atom. The lowest BCUT2D eigenvalue weighted by Crippen LogP contribution is -2.03. The minimum absolute atomic E-state index is 0.000668. The van der Waals surface area contributed by atoms with Gasteiger partial charge in [-0.25, -0.2) is 0 Å². The monoisotopic (exact) mass is 318 g/mol. The first kappa shape index (κ1) is 14.6. The third-order valence-corrected chi connectivity index (χ3v) is 4.68. The minimum Gasteiger partial charge on any atom is -0.329 e. The van der Waals surface area contributed by atoms with Crippen LogP contribution in [0.3, 0.4) is 0 Å². The first-order valence-corrected chi connectivity index (χ1v) is 8.49. The van der Waals surface area contributed by atoms with E-state index in [-0.39, 0.29) is 12.2 Å². The van der Waals surface area contributed by atoms with Crippen LogP contribution < -0.4 is 0 Å². The summed E-state index contributed by atoms with van der Waals surface area (Å²) in [7, 11) is -2.61. The van der Waals surface area contributed by atoms with E-state index in [1.165, 1.54) is 0 Å². The van der Waals surface area contributed by atoms with Crippen molar-refractivity contribution in [2.45, 2.75) is 13.3 Å². The Labute approximate surface area is 110 Å². The predicted molar refractivity (Wildman–Crippen MR) is 73.1 cm³/mol. The van der Waals surface area contributed by atoms with Gasteiger partial charge in [0.2, 0.25) is 7.37 Å². The Bertz CT molecular complexity index is 428. The van der Waals surface area contributed by atoms with Gasteiger partial charge >= 0.3 is 0 Å². The third kappa shape index (κ3) is 5.15. The lowest BCUT2D eigenvalue weighted by Gasteiger charge is -2.11. The van der Waals surface area contributed by atoms with Gasteiger partial charge in [-0.05, 0) is 19.1 Å². The molecule has 0 bridgehead atoms. The van der Waals surface area contributed by atoms with Gasteiger partial charge < -0.3 is 4.52 Å². The molecule has 0 aliphatic rings. The van der Waals surface area contributed by atoms with Gasteiger partial charge in [-0.2, -0.15) is 0 Å². The van der Waals surface area contributed by atoms with E-state index in [0.29, 0.717) is 18.3 Å². The highest BCUT2D eigenvalue weighted by Gasteiger charge is 2.17. The van der Waals surface area contributed by atoms with Crippen molar-refractivity contribution >= 4 is 29.1 Å². The molecule has 0 spiro atoms. The van der Waals surface area contributed by atoms with Crippen molar-refractivity contribution in [3.05, 3.63) is 34.3 Å². The number of carbonyl (C=O) groups excluding carboxylic acids is 1. The zero-order chi connectivity index (χ0) is 12.9. The molecular formula is C12H16BrO3P. The van der Waals surface area contributed by atoms with Crippen LogP contribution in [0.5, 0.6) is 0 Å². The highest BCUT2D eigenvalue weighted by molar-refractivity contribution is 9.10. The molecule has 1 atom stereocenters. The molecule has 0 radical (unpaired) electrons. The molecule has 0 fully saturated rings. The van der Waals surface area contributed by atoms with Crippen molar-refractivity contribution in [1.82, 2.24) is 0 Å². The normalized spacial score (nSPS) is 14.3. The van der Waals surface area contributed by atoms with E-state index in [9.17, 15) is 9.36 Å². The van der Waals surface area contributed by atoms with Crippen molar-refractivity contribution in [1.29, 1.82) is 0 Å². The number of ketones is 1. The standard InChI is InChI=1S/C12H16BrO3P/c1-3-16-17(2,15)9-8-12(14)10-4-6-11(13)7-5-10/h4-7H,3,8-9H2,1-2H3. The second-order valence-electron chi connectivity index (χ2n) is 3.84. The van der Waals surface area contributed by atoms with E-state index in [1.54, 1.807) is 25.7 Å². The summed E-state index contributed by atoms with van der Waals surface area (Å²) in [5.74, 6) is -0.000668. The lowest BCUT2D eigenvalue weighted by molar-refractivity contribution is 0.0987. The fourth-order valence-corrected chi connectivity index (χ4v) is 2.97. The van der Waals surface area contributed by atoms with Crippen LogP contribution >= 0.6 is 23.3 Å². The summed E-state index contributed by atoms with van der Waals surface area (Å²) in [6.45, 7) is 3.79. The summed E-state index contributed by atoms with van der Waals surface area (Å²) < 4.78 is 17.9. The van der Waals surface area contributed by atoms with E-state index in [1.807, 2.05) is 12.1 Å². The van der Waals surface area contributed by atoms with E-state index in [2.05, 4.69) is 15.9 Å². The summed E-state index contributed by atoms with van der Waals surface area (Å²) >= 11 is 3.31. The first-order valence-electron chi connectivity index (χ1n) is 5.44. The quantitative estimate of drug-likeness (QED) is 0.589. The number of rotatable bonds is 6. The minimum atomic E-state index is -2.61. The van der Waals surface area contributed by atoms with Crippen molar-refractivity contribution < 1.29 is 13.9 Å².